The molecule has 0 aliphatic heterocycles. The molecule has 0 heterocycles. The molecule has 0 spiro atoms. The topological polar surface area (TPSA) is 40.5 Å². The van der Waals surface area contributed by atoms with Gasteiger partial charge in [0.05, 0.1) is 6.54 Å². The minimum absolute atomic E-state index is 0.172. The van der Waals surface area contributed by atoms with Crippen molar-refractivity contribution >= 4 is 17.7 Å². The zero-order valence-corrected chi connectivity index (χ0v) is 12.2. The lowest BCUT2D eigenvalue weighted by molar-refractivity contribution is -0.138. The first-order valence-electron chi connectivity index (χ1n) is 6.77. The number of thioether (sulfide) groups is 1. The zero-order valence-electron chi connectivity index (χ0n) is 11.3. The van der Waals surface area contributed by atoms with Crippen LogP contribution in [-0.2, 0) is 4.79 Å². The molecule has 1 aromatic carbocycles. The quantitative estimate of drug-likeness (QED) is 0.743. The number of carboxylic acid groups (broad SMARTS) is 1. The largest absolute Gasteiger partial charge is 0.480 e. The maximum Gasteiger partial charge on any atom is 0.317 e. The van der Waals surface area contributed by atoms with Crippen molar-refractivity contribution in [2.24, 2.45) is 5.92 Å². The van der Waals surface area contributed by atoms with Gasteiger partial charge in [0.2, 0.25) is 0 Å². The van der Waals surface area contributed by atoms with Gasteiger partial charge in [0.15, 0.2) is 0 Å². The molecule has 19 heavy (non-hydrogen) atoms. The van der Waals surface area contributed by atoms with Gasteiger partial charge in [-0.05, 0) is 37.8 Å². The molecule has 1 aliphatic rings. The molecule has 0 radical (unpaired) electrons. The third kappa shape index (κ3) is 5.66. The Morgan fingerprint density at radius 1 is 1.37 bits per heavy atom. The van der Waals surface area contributed by atoms with Crippen molar-refractivity contribution in [1.82, 2.24) is 4.90 Å². The van der Waals surface area contributed by atoms with E-state index in [9.17, 15) is 4.79 Å². The van der Waals surface area contributed by atoms with Gasteiger partial charge in [0, 0.05) is 23.7 Å². The molecule has 0 unspecified atom stereocenters. The predicted molar refractivity (Wildman–Crippen MR) is 78.7 cm³/mol. The van der Waals surface area contributed by atoms with Crippen LogP contribution in [-0.4, -0.2) is 41.4 Å². The second kappa shape index (κ2) is 6.96. The molecular formula is C15H21NO2S. The Balaban J connectivity index is 1.74. The lowest BCUT2D eigenvalue weighted by atomic mass is 10.2. The van der Waals surface area contributed by atoms with Gasteiger partial charge in [0.25, 0.3) is 0 Å². The van der Waals surface area contributed by atoms with Gasteiger partial charge in [-0.25, -0.2) is 0 Å². The number of nitrogens with zero attached hydrogens (tertiary/aromatic N) is 1. The second-order valence-corrected chi connectivity index (χ2v) is 6.40. The van der Waals surface area contributed by atoms with Crippen molar-refractivity contribution in [3.63, 3.8) is 0 Å². The first-order chi connectivity index (χ1) is 9.13. The Morgan fingerprint density at radius 3 is 2.63 bits per heavy atom. The van der Waals surface area contributed by atoms with Gasteiger partial charge >= 0.3 is 5.97 Å². The molecule has 0 saturated heterocycles. The molecule has 1 fully saturated rings. The van der Waals surface area contributed by atoms with Gasteiger partial charge in [-0.1, -0.05) is 17.7 Å². The molecule has 1 N–H and O–H groups in total. The molecule has 0 aromatic heterocycles. The molecule has 0 amide bonds. The summed E-state index contributed by atoms with van der Waals surface area (Å²) in [7, 11) is 0. The Hall–Kier alpha value is -1.00. The number of aliphatic carboxylic acids is 1. The van der Waals surface area contributed by atoms with Gasteiger partial charge in [-0.3, -0.25) is 9.69 Å². The molecule has 104 valence electrons. The maximum atomic E-state index is 10.8. The van der Waals surface area contributed by atoms with E-state index in [1.807, 2.05) is 0 Å². The van der Waals surface area contributed by atoms with Crippen LogP contribution in [0.3, 0.4) is 0 Å². The maximum absolute atomic E-state index is 10.8. The lowest BCUT2D eigenvalue weighted by Crippen LogP contribution is -2.33. The summed E-state index contributed by atoms with van der Waals surface area (Å²) in [6.45, 7) is 4.05. The van der Waals surface area contributed by atoms with Gasteiger partial charge in [-0.2, -0.15) is 0 Å². The summed E-state index contributed by atoms with van der Waals surface area (Å²) < 4.78 is 0. The van der Waals surface area contributed by atoms with Crippen LogP contribution in [0.15, 0.2) is 29.2 Å². The monoisotopic (exact) mass is 279 g/mol. The molecule has 3 nitrogen and oxygen atoms in total. The highest BCUT2D eigenvalue weighted by Crippen LogP contribution is 2.29. The van der Waals surface area contributed by atoms with Crippen LogP contribution in [0.5, 0.6) is 0 Å². The van der Waals surface area contributed by atoms with Gasteiger partial charge < -0.3 is 5.11 Å². The van der Waals surface area contributed by atoms with E-state index in [1.165, 1.54) is 23.3 Å². The smallest absolute Gasteiger partial charge is 0.317 e. The highest BCUT2D eigenvalue weighted by atomic mass is 32.2. The number of carboxylic acids is 1. The van der Waals surface area contributed by atoms with Gasteiger partial charge in [-0.15, -0.1) is 11.8 Å². The van der Waals surface area contributed by atoms with Crippen LogP contribution in [0.2, 0.25) is 0 Å². The minimum Gasteiger partial charge on any atom is -0.480 e. The number of hydrogen-bond donors (Lipinski definition) is 1. The molecule has 4 heteroatoms. The molecule has 1 aliphatic carbocycles. The van der Waals surface area contributed by atoms with Crippen molar-refractivity contribution in [1.29, 1.82) is 0 Å². The van der Waals surface area contributed by atoms with Crippen molar-refractivity contribution in [2.45, 2.75) is 24.7 Å². The fourth-order valence-electron chi connectivity index (χ4n) is 2.02. The summed E-state index contributed by atoms with van der Waals surface area (Å²) in [5.74, 6) is 0.966. The molecule has 0 bridgehead atoms. The van der Waals surface area contributed by atoms with E-state index in [0.717, 1.165) is 24.8 Å². The van der Waals surface area contributed by atoms with E-state index in [2.05, 4.69) is 36.1 Å². The van der Waals surface area contributed by atoms with Crippen molar-refractivity contribution in [3.05, 3.63) is 29.8 Å². The average Bonchev–Trinajstić information content (AvgIpc) is 3.15. The Kier molecular flexibility index (Phi) is 5.28. The summed E-state index contributed by atoms with van der Waals surface area (Å²) in [6, 6.07) is 8.48. The number of carbonyl (C=O) groups is 1. The van der Waals surface area contributed by atoms with Crippen molar-refractivity contribution < 1.29 is 9.90 Å². The van der Waals surface area contributed by atoms with E-state index in [4.69, 9.17) is 5.11 Å². The highest BCUT2D eigenvalue weighted by Gasteiger charge is 2.24. The standard InChI is InChI=1S/C15H21NO2S/c1-12-2-6-14(7-3-12)19-9-8-16(11-15(17)18)10-13-4-5-13/h2-3,6-7,13H,4-5,8-11H2,1H3,(H,17,18). The number of benzene rings is 1. The normalized spacial score (nSPS) is 14.8. The second-order valence-electron chi connectivity index (χ2n) is 5.23. The van der Waals surface area contributed by atoms with Crippen LogP contribution < -0.4 is 0 Å². The van der Waals surface area contributed by atoms with Crippen molar-refractivity contribution in [2.75, 3.05) is 25.4 Å². The summed E-state index contributed by atoms with van der Waals surface area (Å²) in [5.41, 5.74) is 1.27. The summed E-state index contributed by atoms with van der Waals surface area (Å²) in [6.07, 6.45) is 2.53. The molecule has 2 rings (SSSR count). The van der Waals surface area contributed by atoms with E-state index in [0.29, 0.717) is 0 Å². The Labute approximate surface area is 119 Å². The van der Waals surface area contributed by atoms with Crippen LogP contribution in [0.4, 0.5) is 0 Å². The molecule has 0 atom stereocenters. The first kappa shape index (κ1) is 14.4. The van der Waals surface area contributed by atoms with Crippen LogP contribution in [0.1, 0.15) is 18.4 Å². The lowest BCUT2D eigenvalue weighted by Gasteiger charge is -2.19. The summed E-state index contributed by atoms with van der Waals surface area (Å²) in [4.78, 5) is 14.2. The molecule has 1 saturated carbocycles. The van der Waals surface area contributed by atoms with Crippen LogP contribution >= 0.6 is 11.8 Å². The van der Waals surface area contributed by atoms with Crippen molar-refractivity contribution in [3.8, 4) is 0 Å². The van der Waals surface area contributed by atoms with E-state index >= 15 is 0 Å². The SMILES string of the molecule is Cc1ccc(SCCN(CC(=O)O)CC2CC2)cc1. The zero-order chi connectivity index (χ0) is 13.7. The number of aryl methyl sites for hydroxylation is 1. The minimum atomic E-state index is -0.721. The van der Waals surface area contributed by atoms with E-state index in [-0.39, 0.29) is 6.54 Å². The third-order valence-electron chi connectivity index (χ3n) is 3.27. The molecular weight excluding hydrogens is 258 g/mol. The highest BCUT2D eigenvalue weighted by molar-refractivity contribution is 7.99. The van der Waals surface area contributed by atoms with Gasteiger partial charge in [0.1, 0.15) is 0 Å². The predicted octanol–water partition coefficient (Wildman–Crippen LogP) is 2.88. The fraction of sp³-hybridized carbons (Fsp3) is 0.533. The van der Waals surface area contributed by atoms with Crippen LogP contribution in [0, 0.1) is 12.8 Å². The van der Waals surface area contributed by atoms with E-state index in [1.54, 1.807) is 11.8 Å². The van der Waals surface area contributed by atoms with E-state index < -0.39 is 5.97 Å². The third-order valence-corrected chi connectivity index (χ3v) is 4.26. The fourth-order valence-corrected chi connectivity index (χ4v) is 2.93. The Morgan fingerprint density at radius 2 is 2.05 bits per heavy atom. The number of rotatable bonds is 8. The van der Waals surface area contributed by atoms with Crippen LogP contribution in [0.25, 0.3) is 0 Å². The Bertz CT molecular complexity index is 415. The average molecular weight is 279 g/mol. The summed E-state index contributed by atoms with van der Waals surface area (Å²) >= 11 is 1.80. The molecule has 1 aromatic rings. The number of hydrogen-bond acceptors (Lipinski definition) is 3. The first-order valence-corrected chi connectivity index (χ1v) is 7.75. The summed E-state index contributed by atoms with van der Waals surface area (Å²) in [5, 5.41) is 8.92.